The summed E-state index contributed by atoms with van der Waals surface area (Å²) in [6, 6.07) is 1.59. The summed E-state index contributed by atoms with van der Waals surface area (Å²) in [4.78, 5) is 43.8. The first-order chi connectivity index (χ1) is 12.0. The van der Waals surface area contributed by atoms with E-state index < -0.39 is 11.2 Å². The van der Waals surface area contributed by atoms with Gasteiger partial charge in [-0.2, -0.15) is 0 Å². The predicted molar refractivity (Wildman–Crippen MR) is 92.8 cm³/mol. The Morgan fingerprint density at radius 1 is 1.24 bits per heavy atom. The van der Waals surface area contributed by atoms with Crippen LogP contribution in [0.2, 0.25) is 0 Å². The zero-order chi connectivity index (χ0) is 18.0. The topological polar surface area (TPSA) is 86.4 Å². The van der Waals surface area contributed by atoms with Crippen LogP contribution in [-0.4, -0.2) is 44.6 Å². The van der Waals surface area contributed by atoms with E-state index in [4.69, 9.17) is 4.74 Å². The molecule has 1 fully saturated rings. The van der Waals surface area contributed by atoms with Gasteiger partial charge in [0.2, 0.25) is 5.91 Å². The molecule has 8 heteroatoms. The average Bonchev–Trinajstić information content (AvgIpc) is 2.64. The maximum Gasteiger partial charge on any atom is 0.332 e. The van der Waals surface area contributed by atoms with Crippen LogP contribution in [0.3, 0.4) is 0 Å². The SMILES string of the molecule is CCOc1ccnc2c1c(=O)n(CC(=O)N1CCCCC1)c(=O)n2C. The van der Waals surface area contributed by atoms with E-state index in [2.05, 4.69) is 4.98 Å². The van der Waals surface area contributed by atoms with Crippen molar-refractivity contribution in [3.63, 3.8) is 0 Å². The van der Waals surface area contributed by atoms with Crippen LogP contribution in [0.1, 0.15) is 26.2 Å². The lowest BCUT2D eigenvalue weighted by molar-refractivity contribution is -0.132. The number of aromatic nitrogens is 3. The number of hydrogen-bond donors (Lipinski definition) is 0. The number of ether oxygens (including phenoxy) is 1. The van der Waals surface area contributed by atoms with E-state index in [9.17, 15) is 14.4 Å². The molecule has 0 N–H and O–H groups in total. The molecule has 2 aromatic heterocycles. The molecule has 0 atom stereocenters. The Kier molecular flexibility index (Phi) is 4.87. The van der Waals surface area contributed by atoms with E-state index in [1.807, 2.05) is 6.92 Å². The number of aryl methyl sites for hydroxylation is 1. The summed E-state index contributed by atoms with van der Waals surface area (Å²) in [7, 11) is 1.54. The number of piperidine rings is 1. The molecule has 8 nitrogen and oxygen atoms in total. The summed E-state index contributed by atoms with van der Waals surface area (Å²) < 4.78 is 7.76. The highest BCUT2D eigenvalue weighted by Gasteiger charge is 2.21. The summed E-state index contributed by atoms with van der Waals surface area (Å²) in [5.41, 5.74) is -0.841. The minimum Gasteiger partial charge on any atom is -0.493 e. The molecule has 25 heavy (non-hydrogen) atoms. The Hall–Kier alpha value is -2.64. The Morgan fingerprint density at radius 2 is 1.96 bits per heavy atom. The van der Waals surface area contributed by atoms with Gasteiger partial charge in [-0.1, -0.05) is 0 Å². The van der Waals surface area contributed by atoms with Crippen molar-refractivity contribution in [2.24, 2.45) is 7.05 Å². The number of carbonyl (C=O) groups excluding carboxylic acids is 1. The largest absolute Gasteiger partial charge is 0.493 e. The predicted octanol–water partition coefficient (Wildman–Crippen LogP) is 0.506. The molecular formula is C17H22N4O4. The number of fused-ring (bicyclic) bond motifs is 1. The van der Waals surface area contributed by atoms with Crippen molar-refractivity contribution in [2.75, 3.05) is 19.7 Å². The van der Waals surface area contributed by atoms with Crippen LogP contribution < -0.4 is 16.0 Å². The number of pyridine rings is 1. The highest BCUT2D eigenvalue weighted by atomic mass is 16.5. The third kappa shape index (κ3) is 3.16. The zero-order valence-corrected chi connectivity index (χ0v) is 14.5. The van der Waals surface area contributed by atoms with Crippen molar-refractivity contribution >= 4 is 16.9 Å². The summed E-state index contributed by atoms with van der Waals surface area (Å²) in [5, 5.41) is 0.220. The minimum atomic E-state index is -0.552. The molecule has 3 rings (SSSR count). The number of amides is 1. The molecule has 2 aromatic rings. The van der Waals surface area contributed by atoms with Crippen LogP contribution in [-0.2, 0) is 18.4 Å². The van der Waals surface area contributed by atoms with Crippen molar-refractivity contribution in [1.29, 1.82) is 0 Å². The smallest absolute Gasteiger partial charge is 0.332 e. The molecule has 1 saturated heterocycles. The lowest BCUT2D eigenvalue weighted by Gasteiger charge is -2.26. The lowest BCUT2D eigenvalue weighted by atomic mass is 10.1. The highest BCUT2D eigenvalue weighted by molar-refractivity contribution is 5.82. The first kappa shape index (κ1) is 17.2. The molecule has 1 aliphatic rings. The second kappa shape index (κ2) is 7.08. The van der Waals surface area contributed by atoms with Crippen molar-refractivity contribution in [2.45, 2.75) is 32.7 Å². The third-order valence-electron chi connectivity index (χ3n) is 4.49. The Labute approximate surface area is 144 Å². The van der Waals surface area contributed by atoms with Crippen molar-refractivity contribution in [3.8, 4) is 5.75 Å². The number of likely N-dealkylation sites (tertiary alicyclic amines) is 1. The first-order valence-electron chi connectivity index (χ1n) is 8.53. The molecule has 1 amide bonds. The van der Waals surface area contributed by atoms with Gasteiger partial charge in [0, 0.05) is 26.3 Å². The molecule has 0 saturated carbocycles. The van der Waals surface area contributed by atoms with E-state index in [-0.39, 0.29) is 23.5 Å². The molecule has 0 aromatic carbocycles. The van der Waals surface area contributed by atoms with Gasteiger partial charge >= 0.3 is 5.69 Å². The quantitative estimate of drug-likeness (QED) is 0.805. The summed E-state index contributed by atoms with van der Waals surface area (Å²) in [6.45, 7) is 3.28. The van der Waals surface area contributed by atoms with Crippen LogP contribution in [0.4, 0.5) is 0 Å². The van der Waals surface area contributed by atoms with E-state index in [1.54, 1.807) is 11.0 Å². The van der Waals surface area contributed by atoms with E-state index >= 15 is 0 Å². The number of hydrogen-bond acceptors (Lipinski definition) is 5. The normalized spacial score (nSPS) is 14.7. The van der Waals surface area contributed by atoms with Gasteiger partial charge in [0.25, 0.3) is 5.56 Å². The van der Waals surface area contributed by atoms with Gasteiger partial charge in [-0.25, -0.2) is 14.3 Å². The van der Waals surface area contributed by atoms with Crippen molar-refractivity contribution < 1.29 is 9.53 Å². The molecular weight excluding hydrogens is 324 g/mol. The molecule has 0 radical (unpaired) electrons. The van der Waals surface area contributed by atoms with Crippen LogP contribution in [0, 0.1) is 0 Å². The first-order valence-corrected chi connectivity index (χ1v) is 8.53. The lowest BCUT2D eigenvalue weighted by Crippen LogP contribution is -2.45. The molecule has 0 aliphatic carbocycles. The van der Waals surface area contributed by atoms with Crippen LogP contribution in [0.5, 0.6) is 5.75 Å². The molecule has 134 valence electrons. The Bertz CT molecular complexity index is 909. The van der Waals surface area contributed by atoms with E-state index in [0.29, 0.717) is 25.4 Å². The molecule has 0 unspecified atom stereocenters. The second-order valence-corrected chi connectivity index (χ2v) is 6.12. The Balaban J connectivity index is 2.08. The fraction of sp³-hybridized carbons (Fsp3) is 0.529. The fourth-order valence-electron chi connectivity index (χ4n) is 3.18. The van der Waals surface area contributed by atoms with Gasteiger partial charge in [-0.3, -0.25) is 14.2 Å². The monoisotopic (exact) mass is 346 g/mol. The van der Waals surface area contributed by atoms with Gasteiger partial charge in [-0.05, 0) is 32.3 Å². The maximum atomic E-state index is 12.9. The van der Waals surface area contributed by atoms with Gasteiger partial charge in [0.05, 0.1) is 6.61 Å². The molecule has 3 heterocycles. The summed E-state index contributed by atoms with van der Waals surface area (Å²) in [5.74, 6) is 0.160. The van der Waals surface area contributed by atoms with Gasteiger partial charge in [0.1, 0.15) is 17.7 Å². The molecule has 1 aliphatic heterocycles. The molecule has 0 spiro atoms. The zero-order valence-electron chi connectivity index (χ0n) is 14.5. The van der Waals surface area contributed by atoms with Crippen LogP contribution in [0.25, 0.3) is 11.0 Å². The number of rotatable bonds is 4. The third-order valence-corrected chi connectivity index (χ3v) is 4.49. The van der Waals surface area contributed by atoms with Crippen molar-refractivity contribution in [1.82, 2.24) is 19.0 Å². The summed E-state index contributed by atoms with van der Waals surface area (Å²) in [6.07, 6.45) is 4.50. The van der Waals surface area contributed by atoms with Gasteiger partial charge in [0.15, 0.2) is 5.65 Å². The standard InChI is InChI=1S/C17H22N4O4/c1-3-25-12-7-8-18-15-14(12)16(23)21(17(24)19(15)2)11-13(22)20-9-5-4-6-10-20/h7-8H,3-6,9-11H2,1-2H3. The highest BCUT2D eigenvalue weighted by Crippen LogP contribution is 2.19. The minimum absolute atomic E-state index is 0.208. The van der Waals surface area contributed by atoms with Crippen LogP contribution >= 0.6 is 0 Å². The van der Waals surface area contributed by atoms with E-state index in [1.165, 1.54) is 17.8 Å². The van der Waals surface area contributed by atoms with Gasteiger partial charge in [-0.15, -0.1) is 0 Å². The summed E-state index contributed by atoms with van der Waals surface area (Å²) >= 11 is 0. The van der Waals surface area contributed by atoms with Gasteiger partial charge < -0.3 is 9.64 Å². The average molecular weight is 346 g/mol. The second-order valence-electron chi connectivity index (χ2n) is 6.12. The fourth-order valence-corrected chi connectivity index (χ4v) is 3.18. The van der Waals surface area contributed by atoms with Crippen molar-refractivity contribution in [3.05, 3.63) is 33.1 Å². The molecule has 0 bridgehead atoms. The maximum absolute atomic E-state index is 12.9. The van der Waals surface area contributed by atoms with E-state index in [0.717, 1.165) is 23.8 Å². The van der Waals surface area contributed by atoms with Crippen LogP contribution in [0.15, 0.2) is 21.9 Å². The number of carbonyl (C=O) groups is 1. The number of nitrogens with zero attached hydrogens (tertiary/aromatic N) is 4. The Morgan fingerprint density at radius 3 is 2.64 bits per heavy atom.